The summed E-state index contributed by atoms with van der Waals surface area (Å²) in [4.78, 5) is 0. The Hall–Kier alpha value is -2.69. The number of nitrogens with zero attached hydrogens (tertiary/aromatic N) is 2. The van der Waals surface area contributed by atoms with Crippen LogP contribution in [0.25, 0.3) is 5.70 Å². The van der Waals surface area contributed by atoms with E-state index in [9.17, 15) is 17.2 Å². The highest BCUT2D eigenvalue weighted by Gasteiger charge is 2.52. The van der Waals surface area contributed by atoms with Crippen LogP contribution in [0.2, 0.25) is 0 Å². The predicted octanol–water partition coefficient (Wildman–Crippen LogP) is 3.33. The molecular weight excluding hydrogens is 440 g/mol. The van der Waals surface area contributed by atoms with Gasteiger partial charge in [-0.05, 0) is 24.3 Å². The van der Waals surface area contributed by atoms with Gasteiger partial charge in [-0.2, -0.15) is 13.8 Å². The zero-order valence-electron chi connectivity index (χ0n) is 17.4. The van der Waals surface area contributed by atoms with E-state index in [4.69, 9.17) is 4.74 Å². The van der Waals surface area contributed by atoms with E-state index < -0.39 is 22.4 Å². The molecule has 1 spiro atoms. The maximum Gasteiger partial charge on any atom is 0.387 e. The lowest BCUT2D eigenvalue weighted by molar-refractivity contribution is -0.153. The lowest BCUT2D eigenvalue weighted by atomic mass is 9.93. The minimum Gasteiger partial charge on any atom is -0.470 e. The SMILES string of the molecule is CS(=O)(=O)N1CCC2(CC1)Oc1ccccc1[C@@H]1C=C(c3cccc(OC(F)F)c3)NN12. The van der Waals surface area contributed by atoms with E-state index in [2.05, 4.69) is 10.2 Å². The summed E-state index contributed by atoms with van der Waals surface area (Å²) in [5.74, 6) is 0.841. The number of piperidine rings is 1. The first-order valence-electron chi connectivity index (χ1n) is 10.3. The number of sulfonamides is 1. The first-order valence-corrected chi connectivity index (χ1v) is 12.2. The molecule has 3 heterocycles. The zero-order chi connectivity index (χ0) is 22.5. The van der Waals surface area contributed by atoms with Gasteiger partial charge >= 0.3 is 6.61 Å². The van der Waals surface area contributed by atoms with Gasteiger partial charge in [-0.15, -0.1) is 0 Å². The van der Waals surface area contributed by atoms with Crippen molar-refractivity contribution in [2.75, 3.05) is 19.3 Å². The molecule has 0 aromatic heterocycles. The maximum absolute atomic E-state index is 12.7. The third kappa shape index (κ3) is 3.72. The van der Waals surface area contributed by atoms with E-state index in [0.717, 1.165) is 17.0 Å². The van der Waals surface area contributed by atoms with Gasteiger partial charge in [0.1, 0.15) is 11.5 Å². The number of nitrogens with one attached hydrogen (secondary N) is 1. The van der Waals surface area contributed by atoms with Crippen molar-refractivity contribution in [2.45, 2.75) is 31.2 Å². The van der Waals surface area contributed by atoms with Crippen LogP contribution in [0.15, 0.2) is 54.6 Å². The van der Waals surface area contributed by atoms with Crippen LogP contribution in [-0.2, 0) is 10.0 Å². The Balaban J connectivity index is 1.49. The molecule has 7 nitrogen and oxygen atoms in total. The Bertz CT molecular complexity index is 1160. The van der Waals surface area contributed by atoms with E-state index in [1.807, 2.05) is 41.4 Å². The Morgan fingerprint density at radius 2 is 1.91 bits per heavy atom. The summed E-state index contributed by atoms with van der Waals surface area (Å²) in [7, 11) is -3.28. The van der Waals surface area contributed by atoms with Crippen LogP contribution in [0.4, 0.5) is 8.78 Å². The van der Waals surface area contributed by atoms with E-state index in [1.165, 1.54) is 16.6 Å². The van der Waals surface area contributed by atoms with Crippen LogP contribution in [0, 0.1) is 0 Å². The van der Waals surface area contributed by atoms with Gasteiger partial charge in [0.05, 0.1) is 18.0 Å². The molecule has 0 saturated carbocycles. The molecule has 1 N–H and O–H groups in total. The van der Waals surface area contributed by atoms with E-state index in [0.29, 0.717) is 31.5 Å². The molecule has 1 atom stereocenters. The van der Waals surface area contributed by atoms with Crippen LogP contribution in [0.5, 0.6) is 11.5 Å². The van der Waals surface area contributed by atoms with Gasteiger partial charge < -0.3 is 14.9 Å². The number of hydrazine groups is 1. The van der Waals surface area contributed by atoms with Crippen molar-refractivity contribution in [3.05, 3.63) is 65.7 Å². The molecule has 2 aromatic carbocycles. The fourth-order valence-corrected chi connectivity index (χ4v) is 5.48. The molecule has 0 bridgehead atoms. The van der Waals surface area contributed by atoms with Crippen molar-refractivity contribution in [3.63, 3.8) is 0 Å². The van der Waals surface area contributed by atoms with Gasteiger partial charge in [0.2, 0.25) is 10.0 Å². The first kappa shape index (κ1) is 21.2. The van der Waals surface area contributed by atoms with Gasteiger partial charge in [0.15, 0.2) is 5.72 Å². The number of para-hydroxylation sites is 1. The van der Waals surface area contributed by atoms with Crippen molar-refractivity contribution in [1.82, 2.24) is 14.7 Å². The van der Waals surface area contributed by atoms with Crippen LogP contribution in [0.1, 0.15) is 30.0 Å². The molecule has 3 aliphatic rings. The summed E-state index contributed by atoms with van der Waals surface area (Å²) in [6.07, 6.45) is 4.21. The monoisotopic (exact) mass is 463 g/mol. The van der Waals surface area contributed by atoms with Gasteiger partial charge in [-0.25, -0.2) is 12.7 Å². The smallest absolute Gasteiger partial charge is 0.387 e. The van der Waals surface area contributed by atoms with Gasteiger partial charge in [0.25, 0.3) is 0 Å². The van der Waals surface area contributed by atoms with E-state index in [-0.39, 0.29) is 11.8 Å². The summed E-state index contributed by atoms with van der Waals surface area (Å²) in [6.45, 7) is -2.21. The molecule has 0 aliphatic carbocycles. The normalized spacial score (nSPS) is 22.6. The standard InChI is InChI=1S/C22H23F2N3O4S/c1-32(28,29)26-11-9-22(10-12-26)27-19(17-7-2-3-8-20(17)31-22)14-18(25-27)15-5-4-6-16(13-15)30-21(23)24/h2-8,13-14,19,21,25H,9-12H2,1H3/t19-/m0/s1. The molecule has 10 heteroatoms. The maximum atomic E-state index is 12.7. The number of hydrogen-bond donors (Lipinski definition) is 1. The van der Waals surface area contributed by atoms with Crippen molar-refractivity contribution in [3.8, 4) is 11.5 Å². The third-order valence-corrected chi connectivity index (χ3v) is 7.47. The second kappa shape index (κ2) is 7.72. The van der Waals surface area contributed by atoms with Crippen molar-refractivity contribution >= 4 is 15.7 Å². The highest BCUT2D eigenvalue weighted by atomic mass is 32.2. The van der Waals surface area contributed by atoms with Crippen LogP contribution in [0.3, 0.4) is 0 Å². The fourth-order valence-electron chi connectivity index (χ4n) is 4.64. The first-order chi connectivity index (χ1) is 15.2. The molecule has 0 amide bonds. The Labute approximate surface area is 185 Å². The summed E-state index contributed by atoms with van der Waals surface area (Å²) in [5, 5.41) is 2.02. The van der Waals surface area contributed by atoms with Crippen LogP contribution < -0.4 is 14.9 Å². The average Bonchev–Trinajstić information content (AvgIpc) is 3.20. The van der Waals surface area contributed by atoms with E-state index in [1.54, 1.807) is 12.1 Å². The zero-order valence-corrected chi connectivity index (χ0v) is 18.2. The summed E-state index contributed by atoms with van der Waals surface area (Å²) in [6, 6.07) is 14.1. The minimum atomic E-state index is -3.28. The second-order valence-corrected chi connectivity index (χ2v) is 10.1. The highest BCUT2D eigenvalue weighted by Crippen LogP contribution is 2.48. The predicted molar refractivity (Wildman–Crippen MR) is 114 cm³/mol. The second-order valence-electron chi connectivity index (χ2n) is 8.16. The number of halogens is 2. The Morgan fingerprint density at radius 3 is 2.62 bits per heavy atom. The van der Waals surface area contributed by atoms with Gasteiger partial charge in [-0.1, -0.05) is 30.3 Å². The van der Waals surface area contributed by atoms with E-state index >= 15 is 0 Å². The number of alkyl halides is 2. The molecule has 32 heavy (non-hydrogen) atoms. The van der Waals surface area contributed by atoms with Crippen LogP contribution in [-0.4, -0.2) is 49.4 Å². The quantitative estimate of drug-likeness (QED) is 0.750. The van der Waals surface area contributed by atoms with Crippen molar-refractivity contribution in [2.24, 2.45) is 0 Å². The molecule has 2 aromatic rings. The number of fused-ring (bicyclic) bond motifs is 4. The lowest BCUT2D eigenvalue weighted by Crippen LogP contribution is -2.64. The molecular formula is C22H23F2N3O4S. The molecule has 1 saturated heterocycles. The largest absolute Gasteiger partial charge is 0.470 e. The minimum absolute atomic E-state index is 0.0814. The molecule has 5 rings (SSSR count). The van der Waals surface area contributed by atoms with Crippen LogP contribution >= 0.6 is 0 Å². The van der Waals surface area contributed by atoms with Gasteiger partial charge in [0, 0.05) is 37.1 Å². The molecule has 3 aliphatic heterocycles. The number of rotatable bonds is 4. The number of hydrogen-bond acceptors (Lipinski definition) is 6. The summed E-state index contributed by atoms with van der Waals surface area (Å²) in [5.41, 5.74) is 5.10. The van der Waals surface area contributed by atoms with Crippen molar-refractivity contribution < 1.29 is 26.7 Å². The van der Waals surface area contributed by atoms with Gasteiger partial charge in [-0.3, -0.25) is 0 Å². The topological polar surface area (TPSA) is 71.1 Å². The molecule has 0 radical (unpaired) electrons. The average molecular weight is 464 g/mol. The number of ether oxygens (including phenoxy) is 2. The lowest BCUT2D eigenvalue weighted by Gasteiger charge is -2.51. The molecule has 0 unspecified atom stereocenters. The summed E-state index contributed by atoms with van der Waals surface area (Å²) >= 11 is 0. The molecule has 1 fully saturated rings. The number of benzene rings is 2. The molecule has 170 valence electrons. The Kier molecular flexibility index (Phi) is 5.11. The highest BCUT2D eigenvalue weighted by molar-refractivity contribution is 7.88. The third-order valence-electron chi connectivity index (χ3n) is 6.16. The van der Waals surface area contributed by atoms with Crippen molar-refractivity contribution in [1.29, 1.82) is 0 Å². The summed E-state index contributed by atoms with van der Waals surface area (Å²) < 4.78 is 61.9. The Morgan fingerprint density at radius 1 is 1.16 bits per heavy atom. The fraction of sp³-hybridized carbons (Fsp3) is 0.364.